The maximum absolute atomic E-state index is 12.4. The molecule has 0 aromatic heterocycles. The van der Waals surface area contributed by atoms with Crippen LogP contribution in [-0.4, -0.2) is 36.0 Å². The number of allylic oxidation sites excluding steroid dienone is 2. The molecule has 0 saturated carbocycles. The van der Waals surface area contributed by atoms with Crippen molar-refractivity contribution in [1.29, 1.82) is 0 Å². The molecular weight excluding hydrogens is 304 g/mol. The van der Waals surface area contributed by atoms with Gasteiger partial charge in [-0.2, -0.15) is 8.78 Å². The molecule has 1 aliphatic heterocycles. The molecule has 4 nitrogen and oxygen atoms in total. The van der Waals surface area contributed by atoms with Crippen molar-refractivity contribution in [3.05, 3.63) is 73.4 Å². The molecule has 1 atom stereocenters. The third-order valence-corrected chi connectivity index (χ3v) is 3.22. The second-order valence-corrected chi connectivity index (χ2v) is 4.43. The first-order valence-corrected chi connectivity index (χ1v) is 6.64. The summed E-state index contributed by atoms with van der Waals surface area (Å²) in [5.41, 5.74) is 0.471. The highest BCUT2D eigenvalue weighted by Gasteiger charge is 2.41. The van der Waals surface area contributed by atoms with Crippen molar-refractivity contribution in [3.63, 3.8) is 0 Å². The highest BCUT2D eigenvalue weighted by atomic mass is 19.3. The van der Waals surface area contributed by atoms with Crippen LogP contribution in [0.15, 0.2) is 73.4 Å². The molecule has 0 aromatic carbocycles. The Labute approximate surface area is 133 Å². The van der Waals surface area contributed by atoms with Gasteiger partial charge in [0, 0.05) is 0 Å². The van der Waals surface area contributed by atoms with Crippen LogP contribution in [0.25, 0.3) is 0 Å². The summed E-state index contributed by atoms with van der Waals surface area (Å²) < 4.78 is 29.1. The molecule has 0 N–H and O–H groups in total. The van der Waals surface area contributed by atoms with E-state index in [4.69, 9.17) is 0 Å². The van der Waals surface area contributed by atoms with Crippen LogP contribution in [0.5, 0.6) is 0 Å². The van der Waals surface area contributed by atoms with E-state index in [9.17, 15) is 18.4 Å². The van der Waals surface area contributed by atoms with Gasteiger partial charge in [-0.05, 0) is 5.57 Å². The molecule has 0 aliphatic carbocycles. The van der Waals surface area contributed by atoms with Crippen LogP contribution < -0.4 is 0 Å². The van der Waals surface area contributed by atoms with E-state index in [1.165, 1.54) is 30.4 Å². The number of ether oxygens (including phenoxy) is 1. The van der Waals surface area contributed by atoms with E-state index in [2.05, 4.69) is 31.1 Å². The maximum atomic E-state index is 12.4. The Morgan fingerprint density at radius 2 is 1.61 bits per heavy atom. The molecule has 1 heterocycles. The summed E-state index contributed by atoms with van der Waals surface area (Å²) >= 11 is 0. The van der Waals surface area contributed by atoms with Gasteiger partial charge in [0.1, 0.15) is 0 Å². The van der Waals surface area contributed by atoms with Crippen molar-refractivity contribution in [3.8, 4) is 0 Å². The minimum Gasteiger partial charge on any atom is -0.320 e. The van der Waals surface area contributed by atoms with E-state index in [0.29, 0.717) is 5.57 Å². The van der Waals surface area contributed by atoms with E-state index in [1.807, 2.05) is 0 Å². The van der Waals surface area contributed by atoms with Crippen LogP contribution in [0.2, 0.25) is 0 Å². The smallest absolute Gasteiger partial charge is 0.320 e. The Kier molecular flexibility index (Phi) is 6.53. The highest BCUT2D eigenvalue weighted by molar-refractivity contribution is 6.22. The Morgan fingerprint density at radius 1 is 1.09 bits per heavy atom. The second kappa shape index (κ2) is 8.14. The molecule has 0 bridgehead atoms. The molecule has 1 aliphatic rings. The lowest BCUT2D eigenvalue weighted by molar-refractivity contribution is -0.153. The average Bonchev–Trinajstić information content (AvgIpc) is 2.76. The van der Waals surface area contributed by atoms with Gasteiger partial charge in [-0.3, -0.25) is 14.5 Å². The fourth-order valence-corrected chi connectivity index (χ4v) is 2.19. The van der Waals surface area contributed by atoms with Gasteiger partial charge in [0.15, 0.2) is 0 Å². The quantitative estimate of drug-likeness (QED) is 0.484. The van der Waals surface area contributed by atoms with Gasteiger partial charge >= 0.3 is 6.61 Å². The van der Waals surface area contributed by atoms with E-state index < -0.39 is 31.1 Å². The molecule has 1 rings (SSSR count). The lowest BCUT2D eigenvalue weighted by Gasteiger charge is -2.27. The van der Waals surface area contributed by atoms with E-state index in [-0.39, 0.29) is 11.1 Å². The maximum Gasteiger partial charge on any atom is 0.345 e. The van der Waals surface area contributed by atoms with Crippen molar-refractivity contribution < 1.29 is 23.1 Å². The number of hydrogen-bond donors (Lipinski definition) is 0. The van der Waals surface area contributed by atoms with Crippen LogP contribution in [0.4, 0.5) is 8.78 Å². The van der Waals surface area contributed by atoms with Gasteiger partial charge in [0.2, 0.25) is 0 Å². The number of alkyl halides is 2. The molecule has 0 saturated heterocycles. The predicted octanol–water partition coefficient (Wildman–Crippen LogP) is 2.93. The number of hydrogen-bond acceptors (Lipinski definition) is 3. The summed E-state index contributed by atoms with van der Waals surface area (Å²) in [6, 6.07) is -1.06. The zero-order valence-corrected chi connectivity index (χ0v) is 12.5. The average molecular weight is 321 g/mol. The third kappa shape index (κ3) is 3.78. The van der Waals surface area contributed by atoms with Gasteiger partial charge in [-0.1, -0.05) is 56.7 Å². The lowest BCUT2D eigenvalue weighted by Crippen LogP contribution is -2.45. The first-order chi connectivity index (χ1) is 10.9. The first-order valence-electron chi connectivity index (χ1n) is 6.64. The standard InChI is InChI=1S/C17H17F2NO3/c1-5-9-11(6-2)14(10-23-17(18)19)20-15(21)12(7-3)13(8-4)16(20)22/h5-9,14,17H,1-4,10H2/b11-9+/t14-/m1/s1. The Balaban J connectivity index is 3.30. The molecule has 0 spiro atoms. The number of halogens is 2. The van der Waals surface area contributed by atoms with E-state index in [0.717, 1.165) is 4.90 Å². The summed E-state index contributed by atoms with van der Waals surface area (Å²) in [4.78, 5) is 25.7. The molecule has 6 heteroatoms. The molecule has 0 radical (unpaired) electrons. The van der Waals surface area contributed by atoms with Crippen LogP contribution in [0, 0.1) is 0 Å². The number of amides is 2. The normalized spacial score (nSPS) is 16.8. The largest absolute Gasteiger partial charge is 0.345 e. The molecular formula is C17H17F2NO3. The molecule has 0 fully saturated rings. The van der Waals surface area contributed by atoms with E-state index in [1.54, 1.807) is 0 Å². The minimum atomic E-state index is -3.04. The van der Waals surface area contributed by atoms with Gasteiger partial charge in [0.25, 0.3) is 11.8 Å². The van der Waals surface area contributed by atoms with E-state index >= 15 is 0 Å². The van der Waals surface area contributed by atoms with Crippen LogP contribution in [0.1, 0.15) is 0 Å². The third-order valence-electron chi connectivity index (χ3n) is 3.22. The van der Waals surface area contributed by atoms with Gasteiger partial charge in [-0.15, -0.1) is 0 Å². The summed E-state index contributed by atoms with van der Waals surface area (Å²) in [7, 11) is 0. The van der Waals surface area contributed by atoms with Gasteiger partial charge in [-0.25, -0.2) is 0 Å². The van der Waals surface area contributed by atoms with Crippen molar-refractivity contribution in [2.75, 3.05) is 6.61 Å². The summed E-state index contributed by atoms with van der Waals surface area (Å²) in [5.74, 6) is -1.31. The molecule has 0 unspecified atom stereocenters. The Morgan fingerprint density at radius 3 is 1.96 bits per heavy atom. The molecule has 2 amide bonds. The number of carbonyl (C=O) groups excluding carboxylic acids is 2. The summed E-state index contributed by atoms with van der Waals surface area (Å²) in [6.07, 6.45) is 6.67. The zero-order chi connectivity index (χ0) is 17.6. The van der Waals surface area contributed by atoms with Crippen molar-refractivity contribution in [1.82, 2.24) is 4.90 Å². The minimum absolute atomic E-state index is 0.0639. The fourth-order valence-electron chi connectivity index (χ4n) is 2.19. The lowest BCUT2D eigenvalue weighted by atomic mass is 10.1. The molecule has 0 aromatic rings. The van der Waals surface area contributed by atoms with Gasteiger partial charge in [0.05, 0.1) is 23.8 Å². The SMILES string of the molecule is C=C/C=C(\C=C)[C@@H](COC(F)F)N1C(=O)C(C=C)=C(C=C)C1=O. The Hall–Kier alpha value is -2.60. The molecule has 122 valence electrons. The number of nitrogens with zero attached hydrogens (tertiary/aromatic N) is 1. The van der Waals surface area contributed by atoms with Crippen molar-refractivity contribution in [2.24, 2.45) is 0 Å². The molecule has 23 heavy (non-hydrogen) atoms. The fraction of sp³-hybridized carbons (Fsp3) is 0.176. The number of imide groups is 1. The second-order valence-electron chi connectivity index (χ2n) is 4.43. The first kappa shape index (κ1) is 18.4. The van der Waals surface area contributed by atoms with Crippen LogP contribution in [0.3, 0.4) is 0 Å². The number of carbonyl (C=O) groups is 2. The van der Waals surface area contributed by atoms with Crippen LogP contribution in [-0.2, 0) is 14.3 Å². The summed E-state index contributed by atoms with van der Waals surface area (Å²) in [6.45, 7) is 10.4. The van der Waals surface area contributed by atoms with Crippen molar-refractivity contribution >= 4 is 11.8 Å². The highest BCUT2D eigenvalue weighted by Crippen LogP contribution is 2.27. The monoisotopic (exact) mass is 321 g/mol. The van der Waals surface area contributed by atoms with Crippen molar-refractivity contribution in [2.45, 2.75) is 12.7 Å². The predicted molar refractivity (Wildman–Crippen MR) is 83.5 cm³/mol. The zero-order valence-electron chi connectivity index (χ0n) is 12.5. The topological polar surface area (TPSA) is 46.6 Å². The van der Waals surface area contributed by atoms with Crippen LogP contribution >= 0.6 is 0 Å². The Bertz CT molecular complexity index is 587. The summed E-state index contributed by atoms with van der Waals surface area (Å²) in [5, 5.41) is 0. The van der Waals surface area contributed by atoms with Gasteiger partial charge < -0.3 is 4.74 Å². The number of rotatable bonds is 9.